The van der Waals surface area contributed by atoms with Gasteiger partial charge in [0.05, 0.1) is 6.54 Å². The van der Waals surface area contributed by atoms with Gasteiger partial charge in [0.2, 0.25) is 5.16 Å². The summed E-state index contributed by atoms with van der Waals surface area (Å²) >= 11 is 1.72. The number of nitrogens with zero attached hydrogens (tertiary/aromatic N) is 4. The predicted molar refractivity (Wildman–Crippen MR) is 61.7 cm³/mol. The molecule has 0 fully saturated rings. The molecule has 2 N–H and O–H groups in total. The molecule has 0 saturated heterocycles. The molecule has 0 amide bonds. The molecule has 0 unspecified atom stereocenters. The summed E-state index contributed by atoms with van der Waals surface area (Å²) in [5.41, 5.74) is 5.46. The molecule has 0 aliphatic carbocycles. The number of tetrazole rings is 1. The average Bonchev–Trinajstić information content (AvgIpc) is 2.66. The lowest BCUT2D eigenvalue weighted by atomic mass is 10.2. The summed E-state index contributed by atoms with van der Waals surface area (Å²) in [6.45, 7) is 3.49. The van der Waals surface area contributed by atoms with Crippen LogP contribution in [0, 0.1) is 0 Å². The first-order chi connectivity index (χ1) is 7.38. The van der Waals surface area contributed by atoms with Crippen molar-refractivity contribution in [3.8, 4) is 0 Å². The smallest absolute Gasteiger partial charge is 0.209 e. The van der Waals surface area contributed by atoms with Crippen LogP contribution in [-0.4, -0.2) is 32.5 Å². The third-order valence-corrected chi connectivity index (χ3v) is 3.11. The summed E-state index contributed by atoms with van der Waals surface area (Å²) in [5.74, 6) is 1.09. The van der Waals surface area contributed by atoms with E-state index in [0.717, 1.165) is 10.9 Å². The van der Waals surface area contributed by atoms with Crippen LogP contribution in [-0.2, 0) is 6.54 Å². The zero-order valence-electron chi connectivity index (χ0n) is 9.22. The highest BCUT2D eigenvalue weighted by Gasteiger charge is 2.04. The highest BCUT2D eigenvalue weighted by molar-refractivity contribution is 7.99. The summed E-state index contributed by atoms with van der Waals surface area (Å²) in [4.78, 5) is 0. The maximum absolute atomic E-state index is 5.46. The fourth-order valence-corrected chi connectivity index (χ4v) is 2.16. The summed E-state index contributed by atoms with van der Waals surface area (Å²) in [6.07, 6.45) is 5.11. The van der Waals surface area contributed by atoms with Crippen molar-refractivity contribution in [3.63, 3.8) is 0 Å². The standard InChI is InChI=1S/C9H19N5S/c1-2-3-4-5-8-15-9-11-12-13-14(9)7-6-10/h2-8,10H2,1H3. The van der Waals surface area contributed by atoms with E-state index in [1.54, 1.807) is 16.4 Å². The molecule has 0 atom stereocenters. The van der Waals surface area contributed by atoms with Crippen molar-refractivity contribution in [3.05, 3.63) is 0 Å². The van der Waals surface area contributed by atoms with Crippen LogP contribution in [0.4, 0.5) is 0 Å². The predicted octanol–water partition coefficient (Wildman–Crippen LogP) is 1.30. The molecule has 1 rings (SSSR count). The van der Waals surface area contributed by atoms with E-state index in [1.165, 1.54) is 25.7 Å². The van der Waals surface area contributed by atoms with Gasteiger partial charge in [-0.15, -0.1) is 5.10 Å². The lowest BCUT2D eigenvalue weighted by Gasteiger charge is -2.01. The topological polar surface area (TPSA) is 69.6 Å². The molecule has 0 spiro atoms. The first-order valence-electron chi connectivity index (χ1n) is 5.47. The van der Waals surface area contributed by atoms with Crippen molar-refractivity contribution in [2.24, 2.45) is 5.73 Å². The summed E-state index contributed by atoms with van der Waals surface area (Å²) in [6, 6.07) is 0. The molecule has 0 aliphatic heterocycles. The molecule has 15 heavy (non-hydrogen) atoms. The highest BCUT2D eigenvalue weighted by Crippen LogP contribution is 2.15. The second kappa shape index (κ2) is 7.64. The Morgan fingerprint density at radius 2 is 2.20 bits per heavy atom. The van der Waals surface area contributed by atoms with Gasteiger partial charge in [0.15, 0.2) is 0 Å². The van der Waals surface area contributed by atoms with E-state index < -0.39 is 0 Å². The zero-order chi connectivity index (χ0) is 10.9. The Hall–Kier alpha value is -0.620. The zero-order valence-corrected chi connectivity index (χ0v) is 10.0. The van der Waals surface area contributed by atoms with E-state index in [2.05, 4.69) is 22.4 Å². The van der Waals surface area contributed by atoms with Gasteiger partial charge in [-0.05, 0) is 16.8 Å². The molecule has 0 aromatic carbocycles. The third kappa shape index (κ3) is 4.61. The summed E-state index contributed by atoms with van der Waals surface area (Å²) in [5, 5.41) is 12.4. The van der Waals surface area contributed by atoms with Crippen molar-refractivity contribution in [1.29, 1.82) is 0 Å². The van der Waals surface area contributed by atoms with E-state index in [4.69, 9.17) is 5.73 Å². The number of nitrogens with two attached hydrogens (primary N) is 1. The molecule has 1 aromatic heterocycles. The second-order valence-corrected chi connectivity index (χ2v) is 4.44. The van der Waals surface area contributed by atoms with Crippen LogP contribution in [0.3, 0.4) is 0 Å². The van der Waals surface area contributed by atoms with E-state index in [0.29, 0.717) is 13.1 Å². The molecule has 0 saturated carbocycles. The molecular weight excluding hydrogens is 210 g/mol. The summed E-state index contributed by atoms with van der Waals surface area (Å²) < 4.78 is 1.77. The van der Waals surface area contributed by atoms with Crippen LogP contribution in [0.5, 0.6) is 0 Å². The van der Waals surface area contributed by atoms with Crippen LogP contribution in [0.15, 0.2) is 5.16 Å². The van der Waals surface area contributed by atoms with Crippen molar-refractivity contribution >= 4 is 11.8 Å². The van der Waals surface area contributed by atoms with Gasteiger partial charge in [0, 0.05) is 12.3 Å². The Labute approximate surface area is 94.8 Å². The van der Waals surface area contributed by atoms with Crippen LogP contribution >= 0.6 is 11.8 Å². The Morgan fingerprint density at radius 3 is 2.93 bits per heavy atom. The quantitative estimate of drug-likeness (QED) is 0.537. The van der Waals surface area contributed by atoms with Crippen LogP contribution in [0.25, 0.3) is 0 Å². The Morgan fingerprint density at radius 1 is 1.33 bits per heavy atom. The van der Waals surface area contributed by atoms with Crippen molar-refractivity contribution < 1.29 is 0 Å². The minimum atomic E-state index is 0.578. The first kappa shape index (κ1) is 12.4. The van der Waals surface area contributed by atoms with E-state index in [-0.39, 0.29) is 0 Å². The minimum absolute atomic E-state index is 0.578. The highest BCUT2D eigenvalue weighted by atomic mass is 32.2. The Balaban J connectivity index is 2.21. The monoisotopic (exact) mass is 229 g/mol. The normalized spacial score (nSPS) is 10.8. The fraction of sp³-hybridized carbons (Fsp3) is 0.889. The van der Waals surface area contributed by atoms with Crippen molar-refractivity contribution in [1.82, 2.24) is 20.2 Å². The molecule has 1 heterocycles. The van der Waals surface area contributed by atoms with E-state index >= 15 is 0 Å². The SMILES string of the molecule is CCCCCCSc1nnnn1CCN. The number of hydrogen-bond donors (Lipinski definition) is 1. The molecular formula is C9H19N5S. The van der Waals surface area contributed by atoms with Crippen molar-refractivity contribution in [2.75, 3.05) is 12.3 Å². The van der Waals surface area contributed by atoms with Gasteiger partial charge in [0.25, 0.3) is 0 Å². The molecule has 0 aliphatic rings. The number of hydrogen-bond acceptors (Lipinski definition) is 5. The van der Waals surface area contributed by atoms with Gasteiger partial charge in [-0.25, -0.2) is 4.68 Å². The van der Waals surface area contributed by atoms with Gasteiger partial charge in [-0.1, -0.05) is 37.9 Å². The van der Waals surface area contributed by atoms with E-state index in [9.17, 15) is 0 Å². The van der Waals surface area contributed by atoms with Gasteiger partial charge < -0.3 is 5.73 Å². The van der Waals surface area contributed by atoms with Gasteiger partial charge in [-0.2, -0.15) is 0 Å². The van der Waals surface area contributed by atoms with Gasteiger partial charge in [-0.3, -0.25) is 0 Å². The first-order valence-corrected chi connectivity index (χ1v) is 6.46. The molecule has 86 valence electrons. The molecule has 0 bridgehead atoms. The fourth-order valence-electron chi connectivity index (χ4n) is 1.25. The van der Waals surface area contributed by atoms with E-state index in [1.807, 2.05) is 0 Å². The van der Waals surface area contributed by atoms with Crippen LogP contribution in [0.1, 0.15) is 32.6 Å². The number of unbranched alkanes of at least 4 members (excludes halogenated alkanes) is 3. The lowest BCUT2D eigenvalue weighted by molar-refractivity contribution is 0.556. The Bertz CT molecular complexity index is 263. The third-order valence-electron chi connectivity index (χ3n) is 2.07. The molecule has 0 radical (unpaired) electrons. The van der Waals surface area contributed by atoms with Gasteiger partial charge >= 0.3 is 0 Å². The largest absolute Gasteiger partial charge is 0.329 e. The Kier molecular flexibility index (Phi) is 6.34. The maximum Gasteiger partial charge on any atom is 0.209 e. The van der Waals surface area contributed by atoms with Crippen LogP contribution < -0.4 is 5.73 Å². The molecule has 5 nitrogen and oxygen atoms in total. The summed E-state index contributed by atoms with van der Waals surface area (Å²) in [7, 11) is 0. The minimum Gasteiger partial charge on any atom is -0.329 e. The lowest BCUT2D eigenvalue weighted by Crippen LogP contribution is -2.12. The molecule has 6 heteroatoms. The molecule has 1 aromatic rings. The maximum atomic E-state index is 5.46. The second-order valence-electron chi connectivity index (χ2n) is 3.38. The van der Waals surface area contributed by atoms with Gasteiger partial charge in [0.1, 0.15) is 0 Å². The van der Waals surface area contributed by atoms with Crippen LogP contribution in [0.2, 0.25) is 0 Å². The van der Waals surface area contributed by atoms with Crippen molar-refractivity contribution in [2.45, 2.75) is 44.3 Å². The number of thioether (sulfide) groups is 1. The number of aromatic nitrogens is 4. The number of rotatable bonds is 8. The average molecular weight is 229 g/mol.